The Morgan fingerprint density at radius 1 is 1.16 bits per heavy atom. The summed E-state index contributed by atoms with van der Waals surface area (Å²) in [6.07, 6.45) is 1.86. The molecule has 3 heterocycles. The molecule has 1 unspecified atom stereocenters. The van der Waals surface area contributed by atoms with Crippen molar-refractivity contribution in [3.8, 4) is 0 Å². The molecule has 5 aliphatic rings. The molecule has 4 fully saturated rings. The van der Waals surface area contributed by atoms with Gasteiger partial charge in [0.25, 0.3) is 5.91 Å². The van der Waals surface area contributed by atoms with Gasteiger partial charge in [0.2, 0.25) is 0 Å². The first kappa shape index (κ1) is 26.0. The Bertz CT molecular complexity index is 1200. The number of nitrogens with one attached hydrogen (secondary N) is 1. The topological polar surface area (TPSA) is 119 Å². The lowest BCUT2D eigenvalue weighted by molar-refractivity contribution is -0.165. The van der Waals surface area contributed by atoms with Crippen molar-refractivity contribution in [2.75, 3.05) is 32.1 Å². The Balaban J connectivity index is 1.47. The molecule has 2 spiro atoms. The number of nitrogens with zero attached hydrogens (tertiary/aromatic N) is 1. The van der Waals surface area contributed by atoms with Crippen LogP contribution in [0.4, 0.5) is 5.69 Å². The average Bonchev–Trinajstić information content (AvgIpc) is 3.46. The number of rotatable bonds is 3. The number of allylic oxidation sites excluding steroid dienone is 1. The number of fused-ring (bicyclic) bond motifs is 4. The van der Waals surface area contributed by atoms with Crippen LogP contribution >= 0.6 is 0 Å². The Hall–Kier alpha value is -2.26. The molecule has 6 rings (SSSR count). The van der Waals surface area contributed by atoms with Crippen LogP contribution in [0.3, 0.4) is 0 Å². The summed E-state index contributed by atoms with van der Waals surface area (Å²) in [5.41, 5.74) is -1.23. The van der Waals surface area contributed by atoms with Crippen molar-refractivity contribution in [1.29, 1.82) is 0 Å². The second kappa shape index (κ2) is 8.37. The Morgan fingerprint density at radius 3 is 2.58 bits per heavy atom. The van der Waals surface area contributed by atoms with Gasteiger partial charge in [0.05, 0.1) is 12.7 Å². The number of cyclic esters (lactones) is 1. The van der Waals surface area contributed by atoms with Gasteiger partial charge in [-0.15, -0.1) is 0 Å². The number of anilines is 1. The van der Waals surface area contributed by atoms with Crippen LogP contribution in [0, 0.1) is 34.0 Å². The van der Waals surface area contributed by atoms with Crippen LogP contribution in [0.2, 0.25) is 0 Å². The summed E-state index contributed by atoms with van der Waals surface area (Å²) in [6.45, 7) is 8.93. The maximum atomic E-state index is 13.9. The first-order chi connectivity index (χ1) is 18.0. The Morgan fingerprint density at radius 2 is 1.89 bits per heavy atom. The SMILES string of the molecule is C=C1CC[C@@H]2[C@](C)(CO)[C@H](O)CC[C@@]2(C)[C@@H]1CC1CN(C)[C@@]2(C(=O)Nc3ccccc32)[C@]12C(=O)OC[C@@H]2O. The van der Waals surface area contributed by atoms with Crippen LogP contribution < -0.4 is 5.32 Å². The van der Waals surface area contributed by atoms with E-state index in [0.29, 0.717) is 30.6 Å². The van der Waals surface area contributed by atoms with Crippen molar-refractivity contribution < 1.29 is 29.6 Å². The Kier molecular flexibility index (Phi) is 5.72. The number of likely N-dealkylation sites (N-methyl/N-ethyl adjacent to an activating group) is 1. The molecule has 9 atom stereocenters. The lowest BCUT2D eigenvalue weighted by Crippen LogP contribution is -2.62. The van der Waals surface area contributed by atoms with Gasteiger partial charge in [-0.25, -0.2) is 0 Å². The Labute approximate surface area is 224 Å². The molecule has 2 saturated heterocycles. The minimum Gasteiger partial charge on any atom is -0.462 e. The number of ether oxygens (including phenoxy) is 1. The highest BCUT2D eigenvalue weighted by Gasteiger charge is 2.79. The molecule has 2 aliphatic carbocycles. The standard InChI is InChI=1S/C30H40N2O6/c1-17-9-10-22-27(2,12-11-23(34)28(22,3)16-33)20(17)13-18-14-32(4)30(29(18)24(35)15-38-26(29)37)19-7-5-6-8-21(19)31-25(30)36/h5-8,18,20,22-24,33-35H,1,9-16H2,2-4H3,(H,31,36)/t18?,20-,22+,23-,24+,27+,28+,29-,30+/m1/s1. The van der Waals surface area contributed by atoms with Crippen molar-refractivity contribution in [3.63, 3.8) is 0 Å². The third kappa shape index (κ3) is 2.85. The number of hydrogen-bond donors (Lipinski definition) is 4. The van der Waals surface area contributed by atoms with E-state index in [9.17, 15) is 24.9 Å². The highest BCUT2D eigenvalue weighted by atomic mass is 16.6. The number of para-hydroxylation sites is 1. The molecular formula is C30H40N2O6. The smallest absolute Gasteiger partial charge is 0.318 e. The number of likely N-dealkylation sites (tertiary alicyclic amines) is 1. The second-order valence-electron chi connectivity index (χ2n) is 13.0. The fourth-order valence-electron chi connectivity index (χ4n) is 9.80. The fourth-order valence-corrected chi connectivity index (χ4v) is 9.80. The summed E-state index contributed by atoms with van der Waals surface area (Å²) >= 11 is 0. The van der Waals surface area contributed by atoms with Crippen LogP contribution in [0.25, 0.3) is 0 Å². The van der Waals surface area contributed by atoms with Crippen LogP contribution in [-0.2, 0) is 19.9 Å². The molecule has 0 bridgehead atoms. The second-order valence-corrected chi connectivity index (χ2v) is 13.0. The first-order valence-corrected chi connectivity index (χ1v) is 13.9. The summed E-state index contributed by atoms with van der Waals surface area (Å²) in [4.78, 5) is 29.8. The molecule has 3 aliphatic heterocycles. The van der Waals surface area contributed by atoms with Gasteiger partial charge >= 0.3 is 5.97 Å². The normalized spacial score (nSPS) is 46.4. The van der Waals surface area contributed by atoms with Gasteiger partial charge in [-0.1, -0.05) is 44.2 Å². The van der Waals surface area contributed by atoms with Crippen molar-refractivity contribution >= 4 is 17.6 Å². The molecule has 1 aromatic carbocycles. The van der Waals surface area contributed by atoms with Gasteiger partial charge in [-0.3, -0.25) is 14.5 Å². The van der Waals surface area contributed by atoms with Gasteiger partial charge in [0.1, 0.15) is 23.7 Å². The molecule has 0 aromatic heterocycles. The van der Waals surface area contributed by atoms with Crippen molar-refractivity contribution in [2.24, 2.45) is 34.0 Å². The molecule has 206 valence electrons. The summed E-state index contributed by atoms with van der Waals surface area (Å²) in [6, 6.07) is 7.42. The highest BCUT2D eigenvalue weighted by molar-refractivity contribution is 6.10. The largest absolute Gasteiger partial charge is 0.462 e. The number of hydrogen-bond acceptors (Lipinski definition) is 7. The fraction of sp³-hybridized carbons (Fsp3) is 0.667. The molecule has 1 aromatic rings. The molecule has 1 amide bonds. The van der Waals surface area contributed by atoms with E-state index in [1.54, 1.807) is 0 Å². The zero-order valence-electron chi connectivity index (χ0n) is 22.6. The predicted molar refractivity (Wildman–Crippen MR) is 141 cm³/mol. The molecule has 4 N–H and O–H groups in total. The maximum Gasteiger partial charge on any atom is 0.318 e. The van der Waals surface area contributed by atoms with Crippen LogP contribution in [0.5, 0.6) is 0 Å². The van der Waals surface area contributed by atoms with E-state index in [2.05, 4.69) is 18.8 Å². The lowest BCUT2D eigenvalue weighted by Gasteiger charge is -2.60. The first-order valence-electron chi connectivity index (χ1n) is 13.9. The van der Waals surface area contributed by atoms with Crippen LogP contribution in [0.15, 0.2) is 36.4 Å². The summed E-state index contributed by atoms with van der Waals surface area (Å²) < 4.78 is 5.56. The predicted octanol–water partition coefficient (Wildman–Crippen LogP) is 2.43. The number of esters is 1. The number of carbonyl (C=O) groups is 2. The van der Waals surface area contributed by atoms with Crippen LogP contribution in [0.1, 0.15) is 51.5 Å². The summed E-state index contributed by atoms with van der Waals surface area (Å²) in [5, 5.41) is 35.9. The number of carbonyl (C=O) groups excluding carboxylic acids is 2. The van der Waals surface area contributed by atoms with E-state index >= 15 is 0 Å². The van der Waals surface area contributed by atoms with Gasteiger partial charge < -0.3 is 25.4 Å². The van der Waals surface area contributed by atoms with E-state index in [1.807, 2.05) is 43.1 Å². The van der Waals surface area contributed by atoms with E-state index in [-0.39, 0.29) is 42.3 Å². The van der Waals surface area contributed by atoms with Crippen molar-refractivity contribution in [2.45, 2.75) is 63.7 Å². The molecule has 2 saturated carbocycles. The highest BCUT2D eigenvalue weighted by Crippen LogP contribution is 2.67. The summed E-state index contributed by atoms with van der Waals surface area (Å²) in [7, 11) is 1.86. The minimum atomic E-state index is -1.46. The quantitative estimate of drug-likeness (QED) is 0.354. The number of benzene rings is 1. The zero-order chi connectivity index (χ0) is 27.3. The van der Waals surface area contributed by atoms with E-state index in [1.165, 1.54) is 0 Å². The van der Waals surface area contributed by atoms with E-state index < -0.39 is 34.5 Å². The average molecular weight is 525 g/mol. The number of aliphatic hydroxyl groups excluding tert-OH is 3. The molecule has 8 nitrogen and oxygen atoms in total. The zero-order valence-corrected chi connectivity index (χ0v) is 22.6. The van der Waals surface area contributed by atoms with E-state index in [4.69, 9.17) is 4.74 Å². The van der Waals surface area contributed by atoms with Gasteiger partial charge in [0.15, 0.2) is 0 Å². The molecule has 8 heteroatoms. The monoisotopic (exact) mass is 524 g/mol. The lowest BCUT2D eigenvalue weighted by atomic mass is 9.45. The third-order valence-corrected chi connectivity index (χ3v) is 11.7. The number of amides is 1. The van der Waals surface area contributed by atoms with E-state index in [0.717, 1.165) is 24.8 Å². The van der Waals surface area contributed by atoms with Crippen LogP contribution in [-0.4, -0.2) is 71.1 Å². The minimum absolute atomic E-state index is 0.00496. The van der Waals surface area contributed by atoms with Crippen molar-refractivity contribution in [3.05, 3.63) is 42.0 Å². The molecule has 38 heavy (non-hydrogen) atoms. The van der Waals surface area contributed by atoms with Crippen molar-refractivity contribution in [1.82, 2.24) is 4.90 Å². The van der Waals surface area contributed by atoms with Gasteiger partial charge in [-0.2, -0.15) is 0 Å². The maximum absolute atomic E-state index is 13.9. The van der Waals surface area contributed by atoms with Gasteiger partial charge in [-0.05, 0) is 68.4 Å². The number of aliphatic hydroxyl groups is 3. The summed E-state index contributed by atoms with van der Waals surface area (Å²) in [5.74, 6) is -1.10. The molecule has 0 radical (unpaired) electrons. The molecular weight excluding hydrogens is 484 g/mol. The van der Waals surface area contributed by atoms with Gasteiger partial charge in [0, 0.05) is 23.2 Å². The third-order valence-electron chi connectivity index (χ3n) is 11.7.